The van der Waals surface area contributed by atoms with Crippen LogP contribution in [0.3, 0.4) is 0 Å². The minimum atomic E-state index is -1.70. The first-order valence-electron chi connectivity index (χ1n) is 19.7. The number of hydrogen-bond acceptors (Lipinski definition) is 17. The minimum Gasteiger partial charge on any atom is -0.432 e. The second-order valence-corrected chi connectivity index (χ2v) is 18.0. The zero-order chi connectivity index (χ0) is 40.0. The maximum Gasteiger partial charge on any atom is 0.314 e. The summed E-state index contributed by atoms with van der Waals surface area (Å²) in [6, 6.07) is 0. The van der Waals surface area contributed by atoms with Crippen molar-refractivity contribution in [1.82, 2.24) is 0 Å². The van der Waals surface area contributed by atoms with Crippen LogP contribution in [0.5, 0.6) is 0 Å². The van der Waals surface area contributed by atoms with Crippen LogP contribution in [-0.2, 0) is 33.2 Å². The molecule has 3 heterocycles. The maximum atomic E-state index is 14.1. The van der Waals surface area contributed by atoms with Crippen molar-refractivity contribution in [2.45, 2.75) is 176 Å². The first kappa shape index (κ1) is 41.8. The largest absolute Gasteiger partial charge is 0.432 e. The quantitative estimate of drug-likeness (QED) is 0.0730. The van der Waals surface area contributed by atoms with E-state index in [0.717, 1.165) is 24.8 Å². The zero-order valence-electron chi connectivity index (χ0n) is 31.6. The van der Waals surface area contributed by atoms with Crippen molar-refractivity contribution in [2.24, 2.45) is 28.1 Å². The van der Waals surface area contributed by atoms with Gasteiger partial charge in [0.15, 0.2) is 12.6 Å². The van der Waals surface area contributed by atoms with Crippen molar-refractivity contribution < 1.29 is 84.3 Å². The van der Waals surface area contributed by atoms with Gasteiger partial charge >= 0.3 is 5.97 Å². The van der Waals surface area contributed by atoms with Crippen LogP contribution in [0.25, 0.3) is 0 Å². The lowest BCUT2D eigenvalue weighted by molar-refractivity contribution is -0.376. The van der Waals surface area contributed by atoms with Crippen LogP contribution in [0.15, 0.2) is 12.2 Å². The first-order valence-corrected chi connectivity index (χ1v) is 19.7. The van der Waals surface area contributed by atoms with Crippen LogP contribution in [0.2, 0.25) is 0 Å². The Morgan fingerprint density at radius 2 is 1.33 bits per heavy atom. The highest BCUT2D eigenvalue weighted by Gasteiger charge is 2.69. The van der Waals surface area contributed by atoms with Gasteiger partial charge < -0.3 is 79.5 Å². The van der Waals surface area contributed by atoms with Crippen molar-refractivity contribution in [3.05, 3.63) is 12.2 Å². The molecule has 2 bridgehead atoms. The molecule has 55 heavy (non-hydrogen) atoms. The van der Waals surface area contributed by atoms with Gasteiger partial charge in [-0.1, -0.05) is 19.9 Å². The van der Waals surface area contributed by atoms with Crippen molar-refractivity contribution >= 4 is 5.97 Å². The molecule has 7 fully saturated rings. The van der Waals surface area contributed by atoms with E-state index in [2.05, 4.69) is 13.5 Å². The average Bonchev–Trinajstić information content (AvgIpc) is 3.35. The summed E-state index contributed by atoms with van der Waals surface area (Å²) >= 11 is 0. The fourth-order valence-electron chi connectivity index (χ4n) is 12.0. The molecule has 21 atom stereocenters. The van der Waals surface area contributed by atoms with Gasteiger partial charge in [-0.25, -0.2) is 0 Å². The van der Waals surface area contributed by atoms with Gasteiger partial charge in [-0.2, -0.15) is 0 Å². The Hall–Kier alpha value is -1.39. The van der Waals surface area contributed by atoms with Crippen molar-refractivity contribution in [3.63, 3.8) is 0 Å². The van der Waals surface area contributed by atoms with Crippen LogP contribution in [-0.4, -0.2) is 168 Å². The molecule has 3 saturated heterocycles. The number of aliphatic hydroxyl groups is 10. The molecule has 17 nitrogen and oxygen atoms in total. The Morgan fingerprint density at radius 1 is 0.727 bits per heavy atom. The van der Waals surface area contributed by atoms with Crippen LogP contribution >= 0.6 is 0 Å². The molecule has 4 aliphatic carbocycles. The van der Waals surface area contributed by atoms with E-state index in [1.807, 2.05) is 6.92 Å². The molecule has 1 spiro atoms. The van der Waals surface area contributed by atoms with Gasteiger partial charge in [0, 0.05) is 0 Å². The van der Waals surface area contributed by atoms with Crippen LogP contribution in [0, 0.1) is 28.1 Å². The normalized spacial score (nSPS) is 55.4. The smallest absolute Gasteiger partial charge is 0.314 e. The molecule has 2 unspecified atom stereocenters. The standard InChI is InChI=1S/C38H60O17/c1-16-12-37-10-6-20-35(3,8-5-9-36(20,4)34(49)54-32-29(48)26(45)23(42)18(13-39)51-32)21(37)7-11-38(16,15-37)55-33-30(27(46)24(43)19(14-40)52-33)53-31-28(47)25(44)22(41)17(2)50-31/h17-33,39-48H,1,5-15H2,2-4H3/t17-,18-,19-,20+,21+,22-,23-,24-,25+,26+,27+,28+,29-,30-,31-,32?,33+,35-,36?,37-,38+/m1/s1. The molecule has 314 valence electrons. The molecule has 7 aliphatic rings. The van der Waals surface area contributed by atoms with E-state index in [0.29, 0.717) is 38.5 Å². The van der Waals surface area contributed by atoms with Crippen LogP contribution < -0.4 is 0 Å². The van der Waals surface area contributed by atoms with Gasteiger partial charge in [0.25, 0.3) is 0 Å². The topological polar surface area (TPSA) is 275 Å². The monoisotopic (exact) mass is 788 g/mol. The second kappa shape index (κ2) is 15.0. The van der Waals surface area contributed by atoms with Crippen molar-refractivity contribution in [3.8, 4) is 0 Å². The SMILES string of the molecule is C=C1C[C@@]23CC[C@@H]4C(C)(C(=O)OC5O[C@H](CO)[C@@H](O)[C@H](O)[C@H]5O)CCC[C@@]4(C)[C@@H]2CC[C@]1(O[C@@H]1O[C@H](CO)[C@@H](O)[C@H](O)[C@H]1O[C@H]1O[C@H](C)[C@@H](O)[C@H](O)[C@@H]1O)C3. The second-order valence-electron chi connectivity index (χ2n) is 18.0. The highest BCUT2D eigenvalue weighted by atomic mass is 16.8. The van der Waals surface area contributed by atoms with Gasteiger partial charge in [-0.15, -0.1) is 0 Å². The fraction of sp³-hybridized carbons (Fsp3) is 0.921. The number of ether oxygens (including phenoxy) is 6. The summed E-state index contributed by atoms with van der Waals surface area (Å²) in [6.45, 7) is 8.81. The molecule has 10 N–H and O–H groups in total. The maximum absolute atomic E-state index is 14.1. The molecule has 0 amide bonds. The summed E-state index contributed by atoms with van der Waals surface area (Å²) in [4.78, 5) is 14.1. The Kier molecular flexibility index (Phi) is 11.4. The molecule has 0 aromatic rings. The van der Waals surface area contributed by atoms with E-state index >= 15 is 0 Å². The predicted molar refractivity (Wildman–Crippen MR) is 185 cm³/mol. The van der Waals surface area contributed by atoms with Crippen molar-refractivity contribution in [1.29, 1.82) is 0 Å². The Morgan fingerprint density at radius 3 is 2.00 bits per heavy atom. The van der Waals surface area contributed by atoms with Gasteiger partial charge in [0.1, 0.15) is 67.1 Å². The number of carbonyl (C=O) groups is 1. The molecule has 17 heteroatoms. The van der Waals surface area contributed by atoms with Gasteiger partial charge in [0.2, 0.25) is 6.29 Å². The summed E-state index contributed by atoms with van der Waals surface area (Å²) in [5.74, 6) is -0.536. The Labute approximate surface area is 319 Å². The molecule has 3 aliphatic heterocycles. The lowest BCUT2D eigenvalue weighted by atomic mass is 9.41. The van der Waals surface area contributed by atoms with E-state index in [1.54, 1.807) is 0 Å². The molecule has 7 rings (SSSR count). The number of esters is 1. The Balaban J connectivity index is 1.10. The van der Waals surface area contributed by atoms with Gasteiger partial charge in [0.05, 0.1) is 30.3 Å². The predicted octanol–water partition coefficient (Wildman–Crippen LogP) is -1.91. The number of fused-ring (bicyclic) bond motifs is 3. The van der Waals surface area contributed by atoms with Crippen LogP contribution in [0.4, 0.5) is 0 Å². The first-order chi connectivity index (χ1) is 25.9. The Bertz CT molecular complexity index is 1430. The third-order valence-electron chi connectivity index (χ3n) is 14.9. The molecule has 0 aromatic heterocycles. The van der Waals surface area contributed by atoms with E-state index < -0.39 is 122 Å². The molecular weight excluding hydrogens is 728 g/mol. The van der Waals surface area contributed by atoms with Crippen molar-refractivity contribution in [2.75, 3.05) is 13.2 Å². The summed E-state index contributed by atoms with van der Waals surface area (Å²) in [5.41, 5.74) is -1.66. The summed E-state index contributed by atoms with van der Waals surface area (Å²) in [6.07, 6.45) is -16.2. The van der Waals surface area contributed by atoms with E-state index in [-0.39, 0.29) is 22.7 Å². The minimum absolute atomic E-state index is 0.108. The van der Waals surface area contributed by atoms with Crippen LogP contribution in [0.1, 0.15) is 78.6 Å². The van der Waals surface area contributed by atoms with E-state index in [1.165, 1.54) is 6.92 Å². The van der Waals surface area contributed by atoms with Gasteiger partial charge in [-0.3, -0.25) is 4.79 Å². The molecule has 0 radical (unpaired) electrons. The lowest BCUT2D eigenvalue weighted by Gasteiger charge is -2.64. The number of aliphatic hydroxyl groups excluding tert-OH is 10. The lowest BCUT2D eigenvalue weighted by Crippen LogP contribution is -2.65. The summed E-state index contributed by atoms with van der Waals surface area (Å²) in [5, 5.41) is 104. The summed E-state index contributed by atoms with van der Waals surface area (Å²) < 4.78 is 35.8. The zero-order valence-corrected chi connectivity index (χ0v) is 31.6. The van der Waals surface area contributed by atoms with Gasteiger partial charge in [-0.05, 0) is 93.5 Å². The number of rotatable bonds is 8. The molecule has 4 saturated carbocycles. The summed E-state index contributed by atoms with van der Waals surface area (Å²) in [7, 11) is 0. The van der Waals surface area contributed by atoms with E-state index in [4.69, 9.17) is 28.4 Å². The number of carbonyl (C=O) groups excluding carboxylic acids is 1. The average molecular weight is 789 g/mol. The third-order valence-corrected chi connectivity index (χ3v) is 14.9. The van der Waals surface area contributed by atoms with E-state index in [9.17, 15) is 55.9 Å². The molecule has 0 aromatic carbocycles. The third kappa shape index (κ3) is 6.63. The highest BCUT2D eigenvalue weighted by molar-refractivity contribution is 5.77. The highest BCUT2D eigenvalue weighted by Crippen LogP contribution is 2.73. The molecular formula is C38H60O17. The number of hydrogen-bond donors (Lipinski definition) is 10. The fourth-order valence-corrected chi connectivity index (χ4v) is 12.0.